The zero-order valence-corrected chi connectivity index (χ0v) is 13.9. The van der Waals surface area contributed by atoms with Crippen LogP contribution in [0.4, 0.5) is 5.82 Å². The molecular formula is C16H21N5O3. The first-order valence-corrected chi connectivity index (χ1v) is 8.19. The van der Waals surface area contributed by atoms with E-state index in [1.165, 1.54) is 18.7 Å². The first-order valence-electron chi connectivity index (χ1n) is 8.19. The average Bonchev–Trinajstić information content (AvgIpc) is 3.43. The number of anilines is 1. The third-order valence-electron chi connectivity index (χ3n) is 4.85. The second kappa shape index (κ2) is 6.15. The smallest absolute Gasteiger partial charge is 0.332 e. The van der Waals surface area contributed by atoms with E-state index in [1.807, 2.05) is 11.0 Å². The van der Waals surface area contributed by atoms with Crippen LogP contribution in [0.15, 0.2) is 9.59 Å². The molecule has 24 heavy (non-hydrogen) atoms. The molecule has 128 valence electrons. The third kappa shape index (κ3) is 2.82. The highest BCUT2D eigenvalue weighted by atomic mass is 16.2. The number of hydrogen-bond acceptors (Lipinski definition) is 5. The molecule has 0 aromatic carbocycles. The van der Waals surface area contributed by atoms with Crippen molar-refractivity contribution in [2.24, 2.45) is 20.0 Å². The Balaban J connectivity index is 1.76. The van der Waals surface area contributed by atoms with Crippen molar-refractivity contribution in [1.29, 1.82) is 5.26 Å². The van der Waals surface area contributed by atoms with Crippen LogP contribution in [0.25, 0.3) is 0 Å². The van der Waals surface area contributed by atoms with E-state index in [2.05, 4.69) is 5.32 Å². The highest BCUT2D eigenvalue weighted by molar-refractivity contribution is 5.81. The monoisotopic (exact) mass is 331 g/mol. The molecule has 1 aromatic heterocycles. The minimum Gasteiger partial charge on any atom is -0.367 e. The molecule has 1 aliphatic carbocycles. The molecule has 1 saturated carbocycles. The number of carbonyl (C=O) groups excluding carboxylic acids is 1. The second-order valence-electron chi connectivity index (χ2n) is 6.56. The standard InChI is InChI=1S/C16H21N5O3/c1-19-13(12(9-17)15(23)20(2)16(19)24)18-11-5-7-21(8-6-11)14(22)10-3-4-10/h10-11,18H,3-8H2,1-2H3. The zero-order chi connectivity index (χ0) is 17.4. The van der Waals surface area contributed by atoms with Crippen molar-refractivity contribution in [3.8, 4) is 6.07 Å². The van der Waals surface area contributed by atoms with Crippen molar-refractivity contribution in [3.63, 3.8) is 0 Å². The summed E-state index contributed by atoms with van der Waals surface area (Å²) in [5, 5.41) is 12.5. The summed E-state index contributed by atoms with van der Waals surface area (Å²) in [6.45, 7) is 1.32. The number of nitriles is 1. The third-order valence-corrected chi connectivity index (χ3v) is 4.85. The van der Waals surface area contributed by atoms with Gasteiger partial charge in [0.15, 0.2) is 5.56 Å². The molecule has 1 saturated heterocycles. The number of amides is 1. The van der Waals surface area contributed by atoms with Gasteiger partial charge in [-0.05, 0) is 25.7 Å². The van der Waals surface area contributed by atoms with E-state index in [1.54, 1.807) is 0 Å². The highest BCUT2D eigenvalue weighted by Gasteiger charge is 2.35. The molecule has 1 aromatic rings. The summed E-state index contributed by atoms with van der Waals surface area (Å²) in [5.74, 6) is 0.724. The fraction of sp³-hybridized carbons (Fsp3) is 0.625. The molecule has 2 heterocycles. The van der Waals surface area contributed by atoms with Crippen LogP contribution in [0.5, 0.6) is 0 Å². The predicted molar refractivity (Wildman–Crippen MR) is 87.6 cm³/mol. The summed E-state index contributed by atoms with van der Waals surface area (Å²) >= 11 is 0. The summed E-state index contributed by atoms with van der Waals surface area (Å²) < 4.78 is 2.22. The largest absolute Gasteiger partial charge is 0.367 e. The number of carbonyl (C=O) groups is 1. The average molecular weight is 331 g/mol. The topological polar surface area (TPSA) is 100 Å². The van der Waals surface area contributed by atoms with Crippen molar-refractivity contribution in [3.05, 3.63) is 26.4 Å². The molecule has 1 amide bonds. The maximum absolute atomic E-state index is 12.1. The van der Waals surface area contributed by atoms with Crippen LogP contribution < -0.4 is 16.6 Å². The van der Waals surface area contributed by atoms with Crippen molar-refractivity contribution >= 4 is 11.7 Å². The van der Waals surface area contributed by atoms with Crippen LogP contribution in [-0.2, 0) is 18.9 Å². The predicted octanol–water partition coefficient (Wildman–Crippen LogP) is -0.231. The Morgan fingerprint density at radius 3 is 2.29 bits per heavy atom. The van der Waals surface area contributed by atoms with E-state index in [4.69, 9.17) is 0 Å². The minimum atomic E-state index is -0.593. The molecule has 0 spiro atoms. The molecule has 1 N–H and O–H groups in total. The number of rotatable bonds is 3. The summed E-state index contributed by atoms with van der Waals surface area (Å²) in [7, 11) is 2.90. The number of aromatic nitrogens is 2. The number of likely N-dealkylation sites (tertiary alicyclic amines) is 1. The molecular weight excluding hydrogens is 310 g/mol. The SMILES string of the molecule is Cn1c(NC2CCN(C(=O)C3CC3)CC2)c(C#N)c(=O)n(C)c1=O. The Kier molecular flexibility index (Phi) is 4.18. The van der Waals surface area contributed by atoms with Crippen LogP contribution in [0.1, 0.15) is 31.2 Å². The van der Waals surface area contributed by atoms with Crippen LogP contribution in [0.2, 0.25) is 0 Å². The van der Waals surface area contributed by atoms with Crippen LogP contribution in [0, 0.1) is 17.2 Å². The Labute approximate surface area is 139 Å². The quantitative estimate of drug-likeness (QED) is 0.824. The number of nitrogens with zero attached hydrogens (tertiary/aromatic N) is 4. The summed E-state index contributed by atoms with van der Waals surface area (Å²) in [6, 6.07) is 1.92. The van der Waals surface area contributed by atoms with Crippen LogP contribution >= 0.6 is 0 Å². The lowest BCUT2D eigenvalue weighted by Gasteiger charge is -2.33. The van der Waals surface area contributed by atoms with Gasteiger partial charge in [-0.25, -0.2) is 4.79 Å². The van der Waals surface area contributed by atoms with Gasteiger partial charge in [0.05, 0.1) is 0 Å². The summed E-state index contributed by atoms with van der Waals surface area (Å²) in [4.78, 5) is 38.1. The molecule has 0 unspecified atom stereocenters. The van der Waals surface area contributed by atoms with Gasteiger partial charge in [-0.1, -0.05) is 0 Å². The molecule has 1 aliphatic heterocycles. The van der Waals surface area contributed by atoms with E-state index in [0.717, 1.165) is 30.3 Å². The summed E-state index contributed by atoms with van der Waals surface area (Å²) in [5.41, 5.74) is -1.12. The number of hydrogen-bond donors (Lipinski definition) is 1. The first kappa shape index (κ1) is 16.3. The van der Waals surface area contributed by atoms with E-state index in [0.29, 0.717) is 13.1 Å². The minimum absolute atomic E-state index is 0.0260. The lowest BCUT2D eigenvalue weighted by Crippen LogP contribution is -2.45. The molecule has 8 nitrogen and oxygen atoms in total. The molecule has 8 heteroatoms. The summed E-state index contributed by atoms with van der Waals surface area (Å²) in [6.07, 6.45) is 3.45. The van der Waals surface area contributed by atoms with E-state index >= 15 is 0 Å². The van der Waals surface area contributed by atoms with Gasteiger partial charge in [0.1, 0.15) is 11.9 Å². The van der Waals surface area contributed by atoms with Gasteiger partial charge >= 0.3 is 5.69 Å². The Morgan fingerprint density at radius 1 is 1.12 bits per heavy atom. The molecule has 3 rings (SSSR count). The van der Waals surface area contributed by atoms with Crippen LogP contribution in [-0.4, -0.2) is 39.1 Å². The Hall–Kier alpha value is -2.56. The van der Waals surface area contributed by atoms with Gasteiger partial charge in [0.2, 0.25) is 5.91 Å². The lowest BCUT2D eigenvalue weighted by atomic mass is 10.0. The van der Waals surface area contributed by atoms with Gasteiger partial charge < -0.3 is 10.2 Å². The van der Waals surface area contributed by atoms with Crippen molar-refractivity contribution in [2.45, 2.75) is 31.7 Å². The van der Waals surface area contributed by atoms with Gasteiger partial charge in [-0.3, -0.25) is 18.7 Å². The fourth-order valence-electron chi connectivity index (χ4n) is 3.14. The number of nitrogens with one attached hydrogen (secondary N) is 1. The molecule has 0 bridgehead atoms. The molecule has 0 radical (unpaired) electrons. The number of piperidine rings is 1. The molecule has 0 atom stereocenters. The van der Waals surface area contributed by atoms with Gasteiger partial charge in [0.25, 0.3) is 5.56 Å². The lowest BCUT2D eigenvalue weighted by molar-refractivity contribution is -0.133. The Morgan fingerprint density at radius 2 is 1.75 bits per heavy atom. The maximum atomic E-state index is 12.1. The fourth-order valence-corrected chi connectivity index (χ4v) is 3.14. The van der Waals surface area contributed by atoms with Gasteiger partial charge in [-0.15, -0.1) is 0 Å². The van der Waals surface area contributed by atoms with E-state index in [-0.39, 0.29) is 29.2 Å². The molecule has 2 fully saturated rings. The van der Waals surface area contributed by atoms with Gasteiger partial charge in [-0.2, -0.15) is 5.26 Å². The van der Waals surface area contributed by atoms with E-state index in [9.17, 15) is 19.6 Å². The van der Waals surface area contributed by atoms with Crippen molar-refractivity contribution in [1.82, 2.24) is 14.0 Å². The van der Waals surface area contributed by atoms with Crippen molar-refractivity contribution in [2.75, 3.05) is 18.4 Å². The normalized spacial score (nSPS) is 18.3. The highest BCUT2D eigenvalue weighted by Crippen LogP contribution is 2.32. The maximum Gasteiger partial charge on any atom is 0.332 e. The van der Waals surface area contributed by atoms with Crippen LogP contribution in [0.3, 0.4) is 0 Å². The first-order chi connectivity index (χ1) is 11.4. The molecule has 2 aliphatic rings. The van der Waals surface area contributed by atoms with Gasteiger partial charge in [0, 0.05) is 39.1 Å². The zero-order valence-electron chi connectivity index (χ0n) is 13.9. The van der Waals surface area contributed by atoms with E-state index < -0.39 is 11.2 Å². The Bertz CT molecular complexity index is 820. The second-order valence-corrected chi connectivity index (χ2v) is 6.56. The van der Waals surface area contributed by atoms with Crippen molar-refractivity contribution < 1.29 is 4.79 Å².